The highest BCUT2D eigenvalue weighted by Gasteiger charge is 2.06. The van der Waals surface area contributed by atoms with Gasteiger partial charge in [0.25, 0.3) is 0 Å². The molecule has 0 aliphatic carbocycles. The number of hydrogen-bond acceptors (Lipinski definition) is 2. The van der Waals surface area contributed by atoms with Crippen LogP contribution >= 0.6 is 32.2 Å². The van der Waals surface area contributed by atoms with E-state index in [2.05, 4.69) is 36.0 Å². The van der Waals surface area contributed by atoms with Gasteiger partial charge in [-0.05, 0) is 6.92 Å². The van der Waals surface area contributed by atoms with E-state index in [9.17, 15) is 4.79 Å². The Kier molecular flexibility index (Phi) is 3.65. The topological polar surface area (TPSA) is 26.3 Å². The third-order valence-electron chi connectivity index (χ3n) is 0.401. The standard InChI is InChI=1S/C3H4Br2O2/c1-2(4)3(6)7-5/h2H,1H3. The molecule has 0 bridgehead atoms. The number of hydrogen-bond donors (Lipinski definition) is 0. The van der Waals surface area contributed by atoms with E-state index in [1.54, 1.807) is 6.92 Å². The van der Waals surface area contributed by atoms with E-state index in [1.165, 1.54) is 0 Å². The summed E-state index contributed by atoms with van der Waals surface area (Å²) in [6.07, 6.45) is 0. The van der Waals surface area contributed by atoms with Gasteiger partial charge in [-0.3, -0.25) is 0 Å². The van der Waals surface area contributed by atoms with Crippen LogP contribution in [0.15, 0.2) is 0 Å². The van der Waals surface area contributed by atoms with E-state index < -0.39 is 0 Å². The zero-order chi connectivity index (χ0) is 5.86. The summed E-state index contributed by atoms with van der Waals surface area (Å²) < 4.78 is 4.14. The second kappa shape index (κ2) is 3.43. The number of carbonyl (C=O) groups excluding carboxylic acids is 1. The fourth-order valence-corrected chi connectivity index (χ4v) is 0.686. The highest BCUT2D eigenvalue weighted by atomic mass is 79.9. The number of halogens is 2. The molecule has 1 unspecified atom stereocenters. The SMILES string of the molecule is CC(Br)C(=O)OBr. The van der Waals surface area contributed by atoms with Gasteiger partial charge in [-0.25, -0.2) is 4.79 Å². The van der Waals surface area contributed by atoms with Gasteiger partial charge in [-0.1, -0.05) is 15.9 Å². The maximum Gasteiger partial charge on any atom is 0.330 e. The van der Waals surface area contributed by atoms with Crippen molar-refractivity contribution >= 4 is 38.2 Å². The van der Waals surface area contributed by atoms with Crippen LogP contribution in [0.2, 0.25) is 0 Å². The molecule has 2 nitrogen and oxygen atoms in total. The molecular formula is C3H4Br2O2. The zero-order valence-corrected chi connectivity index (χ0v) is 6.82. The molecule has 0 rings (SSSR count). The predicted molar refractivity (Wildman–Crippen MR) is 33.4 cm³/mol. The summed E-state index contributed by atoms with van der Waals surface area (Å²) >= 11 is 5.53. The van der Waals surface area contributed by atoms with Crippen molar-refractivity contribution < 1.29 is 8.62 Å². The Morgan fingerprint density at radius 3 is 2.29 bits per heavy atom. The van der Waals surface area contributed by atoms with Crippen molar-refractivity contribution in [2.75, 3.05) is 0 Å². The average molecular weight is 232 g/mol. The molecule has 1 atom stereocenters. The Hall–Kier alpha value is 0.430. The normalized spacial score (nSPS) is 13.0. The van der Waals surface area contributed by atoms with Gasteiger partial charge in [0.05, 0.1) is 0 Å². The number of rotatable bonds is 1. The molecule has 0 aromatic carbocycles. The quantitative estimate of drug-likeness (QED) is 0.642. The van der Waals surface area contributed by atoms with Crippen LogP contribution in [0.1, 0.15) is 6.92 Å². The van der Waals surface area contributed by atoms with Crippen molar-refractivity contribution in [1.29, 1.82) is 0 Å². The molecule has 0 aromatic rings. The van der Waals surface area contributed by atoms with Gasteiger partial charge in [-0.15, -0.1) is 0 Å². The van der Waals surface area contributed by atoms with Gasteiger partial charge in [0.2, 0.25) is 0 Å². The fourth-order valence-electron chi connectivity index (χ4n) is 0.0614. The van der Waals surface area contributed by atoms with Crippen LogP contribution in [0.4, 0.5) is 0 Å². The van der Waals surface area contributed by atoms with E-state index in [-0.39, 0.29) is 10.8 Å². The number of carbonyl (C=O) groups is 1. The first-order valence-electron chi connectivity index (χ1n) is 1.65. The van der Waals surface area contributed by atoms with Gasteiger partial charge in [-0.2, -0.15) is 0 Å². The van der Waals surface area contributed by atoms with Crippen molar-refractivity contribution in [3.63, 3.8) is 0 Å². The summed E-state index contributed by atoms with van der Waals surface area (Å²) in [5, 5.41) is 0. The molecule has 7 heavy (non-hydrogen) atoms. The van der Waals surface area contributed by atoms with Gasteiger partial charge in [0.15, 0.2) is 16.3 Å². The van der Waals surface area contributed by atoms with Crippen molar-refractivity contribution in [3.8, 4) is 0 Å². The molecule has 0 saturated carbocycles. The summed E-state index contributed by atoms with van der Waals surface area (Å²) in [6, 6.07) is 0. The minimum absolute atomic E-state index is 0.230. The van der Waals surface area contributed by atoms with Gasteiger partial charge in [0, 0.05) is 0 Å². The summed E-state index contributed by atoms with van der Waals surface area (Å²) in [6.45, 7) is 1.68. The molecule has 0 heterocycles. The lowest BCUT2D eigenvalue weighted by Crippen LogP contribution is -2.07. The Bertz CT molecular complexity index is 71.3. The molecule has 0 spiro atoms. The van der Waals surface area contributed by atoms with Crippen LogP contribution in [-0.4, -0.2) is 10.8 Å². The van der Waals surface area contributed by atoms with E-state index >= 15 is 0 Å². The van der Waals surface area contributed by atoms with Gasteiger partial charge in [0.1, 0.15) is 4.83 Å². The molecule has 4 heteroatoms. The highest BCUT2D eigenvalue weighted by molar-refractivity contribution is 9.10. The van der Waals surface area contributed by atoms with Crippen molar-refractivity contribution in [2.45, 2.75) is 11.8 Å². The fraction of sp³-hybridized carbons (Fsp3) is 0.667. The van der Waals surface area contributed by atoms with Crippen LogP contribution in [0.5, 0.6) is 0 Å². The van der Waals surface area contributed by atoms with Crippen molar-refractivity contribution in [3.05, 3.63) is 0 Å². The Morgan fingerprint density at radius 2 is 2.29 bits per heavy atom. The van der Waals surface area contributed by atoms with Gasteiger partial charge >= 0.3 is 5.97 Å². The molecule has 0 N–H and O–H groups in total. The summed E-state index contributed by atoms with van der Waals surface area (Å²) in [7, 11) is 0. The maximum absolute atomic E-state index is 10.2. The van der Waals surface area contributed by atoms with E-state index in [4.69, 9.17) is 0 Å². The van der Waals surface area contributed by atoms with E-state index in [0.717, 1.165) is 0 Å². The van der Waals surface area contributed by atoms with Gasteiger partial charge < -0.3 is 3.83 Å². The van der Waals surface area contributed by atoms with Crippen LogP contribution in [0, 0.1) is 0 Å². The molecule has 0 amide bonds. The third-order valence-corrected chi connectivity index (χ3v) is 1.09. The second-order valence-corrected chi connectivity index (χ2v) is 2.71. The van der Waals surface area contributed by atoms with Crippen LogP contribution in [0.3, 0.4) is 0 Å². The molecule has 0 radical (unpaired) electrons. The van der Waals surface area contributed by atoms with Crippen LogP contribution < -0.4 is 0 Å². The average Bonchev–Trinajstić information content (AvgIpc) is 1.65. The Labute approximate surface area is 58.8 Å². The Balaban J connectivity index is 3.35. The van der Waals surface area contributed by atoms with Crippen LogP contribution in [0.25, 0.3) is 0 Å². The first kappa shape index (κ1) is 7.43. The van der Waals surface area contributed by atoms with Crippen LogP contribution in [-0.2, 0) is 8.62 Å². The van der Waals surface area contributed by atoms with Crippen molar-refractivity contribution in [2.24, 2.45) is 0 Å². The van der Waals surface area contributed by atoms with E-state index in [1.807, 2.05) is 0 Å². The zero-order valence-electron chi connectivity index (χ0n) is 3.65. The number of alkyl halides is 1. The smallest absolute Gasteiger partial charge is 0.330 e. The minimum Gasteiger partial charge on any atom is -0.383 e. The summed E-state index contributed by atoms with van der Waals surface area (Å²) in [4.78, 5) is 9.97. The monoisotopic (exact) mass is 230 g/mol. The molecule has 0 aromatic heterocycles. The lowest BCUT2D eigenvalue weighted by molar-refractivity contribution is -0.131. The highest BCUT2D eigenvalue weighted by Crippen LogP contribution is 2.01. The Morgan fingerprint density at radius 1 is 1.86 bits per heavy atom. The summed E-state index contributed by atoms with van der Waals surface area (Å²) in [5.74, 6) is -0.319. The molecular weight excluding hydrogens is 228 g/mol. The third kappa shape index (κ3) is 3.05. The molecule has 0 aliphatic rings. The lowest BCUT2D eigenvalue weighted by Gasteiger charge is -1.93. The first-order chi connectivity index (χ1) is 3.18. The molecule has 42 valence electrons. The maximum atomic E-state index is 10.2. The lowest BCUT2D eigenvalue weighted by atomic mass is 10.5. The molecule has 0 fully saturated rings. The largest absolute Gasteiger partial charge is 0.383 e. The predicted octanol–water partition coefficient (Wildman–Crippen LogP) is 1.62. The molecule has 0 aliphatic heterocycles. The minimum atomic E-state index is -0.319. The van der Waals surface area contributed by atoms with Crippen molar-refractivity contribution in [1.82, 2.24) is 0 Å². The molecule has 0 saturated heterocycles. The second-order valence-electron chi connectivity index (χ2n) is 1.01. The van der Waals surface area contributed by atoms with E-state index in [0.29, 0.717) is 0 Å². The summed E-state index contributed by atoms with van der Waals surface area (Å²) in [5.41, 5.74) is 0. The first-order valence-corrected chi connectivity index (χ1v) is 3.21.